The van der Waals surface area contributed by atoms with Crippen molar-refractivity contribution in [3.63, 3.8) is 0 Å². The number of ether oxygens (including phenoxy) is 2. The van der Waals surface area contributed by atoms with Crippen molar-refractivity contribution in [3.05, 3.63) is 59.4 Å². The molecule has 1 N–H and O–H groups in total. The number of hydrogen-bond acceptors (Lipinski definition) is 8. The summed E-state index contributed by atoms with van der Waals surface area (Å²) in [5.41, 5.74) is 0.683. The van der Waals surface area contributed by atoms with Crippen molar-refractivity contribution in [1.29, 1.82) is 0 Å². The maximum Gasteiger partial charge on any atom is 0.324 e. The minimum atomic E-state index is -3.96. The van der Waals surface area contributed by atoms with Crippen LogP contribution in [-0.2, 0) is 26.2 Å². The Morgan fingerprint density at radius 2 is 1.78 bits per heavy atom. The number of halogens is 1. The smallest absolute Gasteiger partial charge is 0.324 e. The van der Waals surface area contributed by atoms with Gasteiger partial charge in [-0.15, -0.1) is 0 Å². The van der Waals surface area contributed by atoms with Gasteiger partial charge in [0.05, 0.1) is 12.0 Å². The standard InChI is InChI=1S/C21H22ClN3O6S/c1-13(2)19(25-32(27,28)17-10-8-16(29-3)9-11-17)21(26)30-12-18-23-20(24-31-18)14-4-6-15(22)7-5-14/h4-11,13,19,25H,12H2,1-3H3. The maximum atomic E-state index is 12.7. The number of hydrogen-bond donors (Lipinski definition) is 1. The van der Waals surface area contributed by atoms with Gasteiger partial charge in [-0.3, -0.25) is 4.79 Å². The fourth-order valence-corrected chi connectivity index (χ4v) is 4.16. The van der Waals surface area contributed by atoms with E-state index in [1.165, 1.54) is 31.4 Å². The van der Waals surface area contributed by atoms with Gasteiger partial charge in [-0.2, -0.15) is 9.71 Å². The third kappa shape index (κ3) is 5.84. The van der Waals surface area contributed by atoms with E-state index in [0.717, 1.165) is 0 Å². The van der Waals surface area contributed by atoms with Gasteiger partial charge in [-0.05, 0) is 54.4 Å². The van der Waals surface area contributed by atoms with Gasteiger partial charge in [0.15, 0.2) is 6.61 Å². The molecule has 1 atom stereocenters. The van der Waals surface area contributed by atoms with E-state index in [0.29, 0.717) is 22.2 Å². The highest BCUT2D eigenvalue weighted by molar-refractivity contribution is 7.89. The van der Waals surface area contributed by atoms with Crippen molar-refractivity contribution in [1.82, 2.24) is 14.9 Å². The summed E-state index contributed by atoms with van der Waals surface area (Å²) in [6.45, 7) is 3.11. The number of benzene rings is 2. The van der Waals surface area contributed by atoms with E-state index < -0.39 is 22.0 Å². The second kappa shape index (κ2) is 10.1. The summed E-state index contributed by atoms with van der Waals surface area (Å²) in [5.74, 6) is -0.232. The summed E-state index contributed by atoms with van der Waals surface area (Å²) in [4.78, 5) is 16.8. The zero-order chi connectivity index (χ0) is 23.3. The Bertz CT molecular complexity index is 1160. The van der Waals surface area contributed by atoms with Crippen molar-refractivity contribution in [2.24, 2.45) is 5.92 Å². The molecule has 32 heavy (non-hydrogen) atoms. The number of aromatic nitrogens is 2. The molecule has 2 aromatic carbocycles. The first-order chi connectivity index (χ1) is 15.2. The molecule has 170 valence electrons. The van der Waals surface area contributed by atoms with Crippen LogP contribution >= 0.6 is 11.6 Å². The average molecular weight is 480 g/mol. The molecule has 0 saturated carbocycles. The van der Waals surface area contributed by atoms with Gasteiger partial charge in [0, 0.05) is 10.6 Å². The number of rotatable bonds is 9. The molecule has 0 spiro atoms. The fourth-order valence-electron chi connectivity index (χ4n) is 2.70. The van der Waals surface area contributed by atoms with Crippen molar-refractivity contribution < 1.29 is 27.2 Å². The molecule has 3 rings (SSSR count). The van der Waals surface area contributed by atoms with Crippen molar-refractivity contribution in [2.75, 3.05) is 7.11 Å². The lowest BCUT2D eigenvalue weighted by atomic mass is 10.1. The first-order valence-electron chi connectivity index (χ1n) is 9.61. The van der Waals surface area contributed by atoms with E-state index in [2.05, 4.69) is 14.9 Å². The molecule has 1 unspecified atom stereocenters. The van der Waals surface area contributed by atoms with Crippen LogP contribution in [0.2, 0.25) is 5.02 Å². The first kappa shape index (κ1) is 23.7. The third-order valence-electron chi connectivity index (χ3n) is 4.48. The summed E-state index contributed by atoms with van der Waals surface area (Å²) < 4.78 is 43.2. The summed E-state index contributed by atoms with van der Waals surface area (Å²) in [6, 6.07) is 11.5. The lowest BCUT2D eigenvalue weighted by Crippen LogP contribution is -2.45. The van der Waals surface area contributed by atoms with Crippen LogP contribution in [0.25, 0.3) is 11.4 Å². The fraction of sp³-hybridized carbons (Fsp3) is 0.286. The predicted molar refractivity (Wildman–Crippen MR) is 116 cm³/mol. The number of nitrogens with zero attached hydrogens (tertiary/aromatic N) is 2. The quantitative estimate of drug-likeness (QED) is 0.463. The van der Waals surface area contributed by atoms with E-state index in [1.807, 2.05) is 0 Å². The highest BCUT2D eigenvalue weighted by Gasteiger charge is 2.30. The Morgan fingerprint density at radius 3 is 2.38 bits per heavy atom. The van der Waals surface area contributed by atoms with Crippen LogP contribution in [0.15, 0.2) is 57.9 Å². The minimum absolute atomic E-state index is 0.00116. The van der Waals surface area contributed by atoms with E-state index in [9.17, 15) is 13.2 Å². The first-order valence-corrected chi connectivity index (χ1v) is 11.5. The summed E-state index contributed by atoms with van der Waals surface area (Å²) in [7, 11) is -2.48. The molecule has 0 radical (unpaired) electrons. The number of carbonyl (C=O) groups is 1. The summed E-state index contributed by atoms with van der Waals surface area (Å²) in [5, 5.41) is 4.42. The van der Waals surface area contributed by atoms with Crippen molar-refractivity contribution in [2.45, 2.75) is 31.4 Å². The lowest BCUT2D eigenvalue weighted by Gasteiger charge is -2.20. The van der Waals surface area contributed by atoms with Gasteiger partial charge in [-0.1, -0.05) is 30.6 Å². The molecule has 0 saturated heterocycles. The normalized spacial score (nSPS) is 12.5. The summed E-state index contributed by atoms with van der Waals surface area (Å²) >= 11 is 5.87. The Kier molecular flexibility index (Phi) is 7.49. The number of methoxy groups -OCH3 is 1. The van der Waals surface area contributed by atoms with Gasteiger partial charge in [0.2, 0.25) is 15.8 Å². The molecule has 0 aliphatic rings. The number of nitrogens with one attached hydrogen (secondary N) is 1. The maximum absolute atomic E-state index is 12.7. The largest absolute Gasteiger partial charge is 0.497 e. The van der Waals surface area contributed by atoms with Crippen LogP contribution in [0.3, 0.4) is 0 Å². The van der Waals surface area contributed by atoms with Gasteiger partial charge < -0.3 is 14.0 Å². The Balaban J connectivity index is 1.65. The molecule has 1 heterocycles. The number of esters is 1. The average Bonchev–Trinajstić information content (AvgIpc) is 3.25. The van der Waals surface area contributed by atoms with Gasteiger partial charge in [0.1, 0.15) is 11.8 Å². The van der Waals surface area contributed by atoms with Crippen LogP contribution < -0.4 is 9.46 Å². The van der Waals surface area contributed by atoms with Crippen LogP contribution in [0.5, 0.6) is 5.75 Å². The molecular weight excluding hydrogens is 458 g/mol. The van der Waals surface area contributed by atoms with Gasteiger partial charge >= 0.3 is 5.97 Å². The molecule has 0 aliphatic heterocycles. The monoisotopic (exact) mass is 479 g/mol. The molecule has 3 aromatic rings. The minimum Gasteiger partial charge on any atom is -0.497 e. The number of sulfonamides is 1. The van der Waals surface area contributed by atoms with E-state index >= 15 is 0 Å². The van der Waals surface area contributed by atoms with Crippen molar-refractivity contribution in [3.8, 4) is 17.1 Å². The zero-order valence-electron chi connectivity index (χ0n) is 17.6. The van der Waals surface area contributed by atoms with E-state index in [-0.39, 0.29) is 23.3 Å². The van der Waals surface area contributed by atoms with Crippen molar-refractivity contribution >= 4 is 27.6 Å². The Hall–Kier alpha value is -2.95. The Morgan fingerprint density at radius 1 is 1.12 bits per heavy atom. The van der Waals surface area contributed by atoms with Crippen LogP contribution in [0, 0.1) is 5.92 Å². The van der Waals surface area contributed by atoms with Crippen LogP contribution in [-0.4, -0.2) is 37.7 Å². The second-order valence-electron chi connectivity index (χ2n) is 7.14. The SMILES string of the molecule is COc1ccc(S(=O)(=O)NC(C(=O)OCc2nc(-c3ccc(Cl)cc3)no2)C(C)C)cc1. The van der Waals surface area contributed by atoms with E-state index in [1.54, 1.807) is 38.1 Å². The molecule has 0 fully saturated rings. The lowest BCUT2D eigenvalue weighted by molar-refractivity contribution is -0.148. The summed E-state index contributed by atoms with van der Waals surface area (Å²) in [6.07, 6.45) is 0. The van der Waals surface area contributed by atoms with Gasteiger partial charge in [0.25, 0.3) is 5.89 Å². The molecule has 9 nitrogen and oxygen atoms in total. The topological polar surface area (TPSA) is 121 Å². The molecule has 1 aromatic heterocycles. The second-order valence-corrected chi connectivity index (χ2v) is 9.30. The van der Waals surface area contributed by atoms with Crippen LogP contribution in [0.4, 0.5) is 0 Å². The van der Waals surface area contributed by atoms with E-state index in [4.69, 9.17) is 25.6 Å². The number of carbonyl (C=O) groups excluding carboxylic acids is 1. The van der Waals surface area contributed by atoms with Gasteiger partial charge in [-0.25, -0.2) is 8.42 Å². The zero-order valence-corrected chi connectivity index (χ0v) is 19.2. The molecule has 0 bridgehead atoms. The van der Waals surface area contributed by atoms with Crippen LogP contribution in [0.1, 0.15) is 19.7 Å². The molecule has 11 heteroatoms. The highest BCUT2D eigenvalue weighted by Crippen LogP contribution is 2.20. The molecule has 0 aliphatic carbocycles. The third-order valence-corrected chi connectivity index (χ3v) is 6.19. The highest BCUT2D eigenvalue weighted by atomic mass is 35.5. The molecular formula is C21H22ClN3O6S. The molecule has 0 amide bonds. The predicted octanol–water partition coefficient (Wildman–Crippen LogP) is 3.44. The Labute approximate surface area is 190 Å².